The van der Waals surface area contributed by atoms with E-state index in [0.717, 1.165) is 22.0 Å². The second kappa shape index (κ2) is 5.31. The summed E-state index contributed by atoms with van der Waals surface area (Å²) in [5, 5.41) is 11.6. The molecule has 0 saturated carbocycles. The molecule has 20 heavy (non-hydrogen) atoms. The molecule has 3 rings (SSSR count). The minimum absolute atomic E-state index is 0.241. The van der Waals surface area contributed by atoms with Gasteiger partial charge in [0.2, 0.25) is 0 Å². The van der Waals surface area contributed by atoms with Crippen molar-refractivity contribution in [2.75, 3.05) is 0 Å². The zero-order valence-electron chi connectivity index (χ0n) is 10.5. The van der Waals surface area contributed by atoms with Crippen LogP contribution in [0.15, 0.2) is 59.7 Å². The molecule has 0 spiro atoms. The molecule has 1 aromatic heterocycles. The van der Waals surface area contributed by atoms with Gasteiger partial charge in [-0.2, -0.15) is 0 Å². The minimum atomic E-state index is 0.241. The van der Waals surface area contributed by atoms with Crippen LogP contribution in [0.3, 0.4) is 0 Å². The summed E-state index contributed by atoms with van der Waals surface area (Å²) in [5.74, 6) is 0.241. The van der Waals surface area contributed by atoms with Gasteiger partial charge in [-0.1, -0.05) is 23.7 Å². The molecule has 0 bridgehead atoms. The average Bonchev–Trinajstić information content (AvgIpc) is 2.47. The van der Waals surface area contributed by atoms with E-state index in [0.29, 0.717) is 5.15 Å². The number of pyridine rings is 1. The molecule has 0 radical (unpaired) electrons. The van der Waals surface area contributed by atoms with Gasteiger partial charge in [0.1, 0.15) is 10.9 Å². The molecule has 1 heterocycles. The van der Waals surface area contributed by atoms with Gasteiger partial charge in [0.15, 0.2) is 0 Å². The van der Waals surface area contributed by atoms with E-state index < -0.39 is 0 Å². The number of aromatic nitrogens is 1. The predicted octanol–water partition coefficient (Wildman–Crippen LogP) is 4.34. The van der Waals surface area contributed by atoms with Gasteiger partial charge in [0.25, 0.3) is 0 Å². The first-order valence-corrected chi connectivity index (χ1v) is 6.48. The summed E-state index contributed by atoms with van der Waals surface area (Å²) < 4.78 is 0. The Morgan fingerprint density at radius 3 is 2.60 bits per heavy atom. The number of fused-ring (bicyclic) bond motifs is 1. The summed E-state index contributed by atoms with van der Waals surface area (Å²) in [6.45, 7) is 0. The first kappa shape index (κ1) is 12.6. The lowest BCUT2D eigenvalue weighted by Crippen LogP contribution is -1.81. The third-order valence-electron chi connectivity index (χ3n) is 2.98. The lowest BCUT2D eigenvalue weighted by atomic mass is 10.1. The fraction of sp³-hybridized carbons (Fsp3) is 0. The monoisotopic (exact) mass is 282 g/mol. The maximum atomic E-state index is 9.25. The van der Waals surface area contributed by atoms with Gasteiger partial charge in [-0.05, 0) is 42.0 Å². The van der Waals surface area contributed by atoms with Crippen molar-refractivity contribution in [2.24, 2.45) is 4.99 Å². The van der Waals surface area contributed by atoms with E-state index in [-0.39, 0.29) is 5.75 Å². The van der Waals surface area contributed by atoms with Crippen molar-refractivity contribution in [3.8, 4) is 5.75 Å². The third-order valence-corrected chi connectivity index (χ3v) is 3.28. The maximum Gasteiger partial charge on any atom is 0.136 e. The normalized spacial score (nSPS) is 11.2. The fourth-order valence-corrected chi connectivity index (χ4v) is 2.19. The van der Waals surface area contributed by atoms with E-state index in [1.54, 1.807) is 36.7 Å². The number of aliphatic imine (C=N–C) groups is 1. The summed E-state index contributed by atoms with van der Waals surface area (Å²) in [7, 11) is 0. The molecular weight excluding hydrogens is 272 g/mol. The van der Waals surface area contributed by atoms with Crippen molar-refractivity contribution in [1.29, 1.82) is 0 Å². The Balaban J connectivity index is 2.02. The van der Waals surface area contributed by atoms with Gasteiger partial charge in [-0.25, -0.2) is 4.98 Å². The predicted molar refractivity (Wildman–Crippen MR) is 82.1 cm³/mol. The molecule has 2 aromatic carbocycles. The number of halogens is 1. The number of benzene rings is 2. The molecule has 0 atom stereocenters. The van der Waals surface area contributed by atoms with E-state index in [1.807, 2.05) is 24.3 Å². The van der Waals surface area contributed by atoms with Gasteiger partial charge >= 0.3 is 0 Å². The topological polar surface area (TPSA) is 45.5 Å². The highest BCUT2D eigenvalue weighted by molar-refractivity contribution is 6.34. The van der Waals surface area contributed by atoms with E-state index >= 15 is 0 Å². The van der Waals surface area contributed by atoms with Crippen molar-refractivity contribution in [3.63, 3.8) is 0 Å². The summed E-state index contributed by atoms with van der Waals surface area (Å²) in [6, 6.07) is 14.5. The number of nitrogens with zero attached hydrogens (tertiary/aromatic N) is 2. The first-order valence-electron chi connectivity index (χ1n) is 6.10. The molecule has 0 unspecified atom stereocenters. The van der Waals surface area contributed by atoms with Crippen molar-refractivity contribution >= 4 is 34.3 Å². The number of rotatable bonds is 2. The Kier molecular flexibility index (Phi) is 3.35. The molecule has 3 nitrogen and oxygen atoms in total. The largest absolute Gasteiger partial charge is 0.508 e. The van der Waals surface area contributed by atoms with Crippen molar-refractivity contribution in [1.82, 2.24) is 4.98 Å². The van der Waals surface area contributed by atoms with E-state index in [9.17, 15) is 5.11 Å². The molecule has 0 aliphatic carbocycles. The number of aromatic hydroxyl groups is 1. The van der Waals surface area contributed by atoms with Crippen molar-refractivity contribution in [3.05, 3.63) is 65.4 Å². The summed E-state index contributed by atoms with van der Waals surface area (Å²) in [6.07, 6.45) is 3.42. The van der Waals surface area contributed by atoms with E-state index in [2.05, 4.69) is 9.98 Å². The highest BCUT2D eigenvalue weighted by Gasteiger charge is 2.02. The number of phenols is 1. The van der Waals surface area contributed by atoms with Crippen LogP contribution >= 0.6 is 11.6 Å². The Morgan fingerprint density at radius 1 is 1.00 bits per heavy atom. The Bertz CT molecular complexity index is 782. The van der Waals surface area contributed by atoms with Crippen LogP contribution in [0.5, 0.6) is 5.75 Å². The number of phenolic OH excluding ortho intramolecular Hbond substituents is 1. The molecule has 4 heteroatoms. The molecule has 3 aromatic rings. The fourth-order valence-electron chi connectivity index (χ4n) is 1.97. The summed E-state index contributed by atoms with van der Waals surface area (Å²) in [5.41, 5.74) is 1.75. The minimum Gasteiger partial charge on any atom is -0.508 e. The Labute approximate surface area is 121 Å². The quantitative estimate of drug-likeness (QED) is 0.561. The van der Waals surface area contributed by atoms with Crippen LogP contribution in [-0.2, 0) is 0 Å². The molecular formula is C16H11ClN2O. The van der Waals surface area contributed by atoms with Crippen LogP contribution < -0.4 is 0 Å². The van der Waals surface area contributed by atoms with Crippen LogP contribution in [0, 0.1) is 0 Å². The number of hydrogen-bond donors (Lipinski definition) is 1. The van der Waals surface area contributed by atoms with E-state index in [4.69, 9.17) is 11.6 Å². The highest BCUT2D eigenvalue weighted by atomic mass is 35.5. The standard InChI is InChI=1S/C16H11ClN2O/c17-16-14-2-1-3-15(13(14)8-9-18-16)19-10-11-4-6-12(20)7-5-11/h1-10,20H. The van der Waals surface area contributed by atoms with Gasteiger partial charge in [-0.15, -0.1) is 0 Å². The molecule has 0 aliphatic rings. The molecule has 0 fully saturated rings. The Morgan fingerprint density at radius 2 is 1.80 bits per heavy atom. The lowest BCUT2D eigenvalue weighted by molar-refractivity contribution is 0.475. The average molecular weight is 283 g/mol. The summed E-state index contributed by atoms with van der Waals surface area (Å²) in [4.78, 5) is 8.54. The smallest absolute Gasteiger partial charge is 0.136 e. The zero-order valence-corrected chi connectivity index (χ0v) is 11.2. The molecule has 0 saturated heterocycles. The molecule has 0 amide bonds. The van der Waals surface area contributed by atoms with Crippen molar-refractivity contribution in [2.45, 2.75) is 0 Å². The van der Waals surface area contributed by atoms with Gasteiger partial charge in [-0.3, -0.25) is 4.99 Å². The second-order valence-electron chi connectivity index (χ2n) is 4.32. The second-order valence-corrected chi connectivity index (χ2v) is 4.68. The lowest BCUT2D eigenvalue weighted by Gasteiger charge is -2.02. The van der Waals surface area contributed by atoms with Crippen LogP contribution in [0.4, 0.5) is 5.69 Å². The Hall–Kier alpha value is -2.39. The highest BCUT2D eigenvalue weighted by Crippen LogP contribution is 2.29. The van der Waals surface area contributed by atoms with Crippen LogP contribution in [0.1, 0.15) is 5.56 Å². The van der Waals surface area contributed by atoms with Crippen LogP contribution in [0.25, 0.3) is 10.8 Å². The zero-order chi connectivity index (χ0) is 13.9. The molecule has 98 valence electrons. The first-order chi connectivity index (χ1) is 9.74. The van der Waals surface area contributed by atoms with Crippen LogP contribution in [0.2, 0.25) is 5.15 Å². The summed E-state index contributed by atoms with van der Waals surface area (Å²) >= 11 is 6.07. The maximum absolute atomic E-state index is 9.25. The van der Waals surface area contributed by atoms with Crippen LogP contribution in [-0.4, -0.2) is 16.3 Å². The van der Waals surface area contributed by atoms with Gasteiger partial charge in [0.05, 0.1) is 5.69 Å². The van der Waals surface area contributed by atoms with E-state index in [1.165, 1.54) is 0 Å². The molecule has 0 aliphatic heterocycles. The van der Waals surface area contributed by atoms with Crippen molar-refractivity contribution < 1.29 is 5.11 Å². The van der Waals surface area contributed by atoms with Gasteiger partial charge in [0, 0.05) is 23.2 Å². The molecule has 1 N–H and O–H groups in total. The SMILES string of the molecule is Oc1ccc(C=Nc2cccc3c(Cl)nccc23)cc1. The third kappa shape index (κ3) is 2.49. The van der Waals surface area contributed by atoms with Gasteiger partial charge < -0.3 is 5.11 Å². The number of hydrogen-bond acceptors (Lipinski definition) is 3.